The summed E-state index contributed by atoms with van der Waals surface area (Å²) in [6.45, 7) is 4.07. The van der Waals surface area contributed by atoms with Gasteiger partial charge in [-0.05, 0) is 55.8 Å². The maximum atomic E-state index is 11.8. The van der Waals surface area contributed by atoms with Gasteiger partial charge < -0.3 is 9.88 Å². The average Bonchev–Trinajstić information content (AvgIpc) is 2.92. The second kappa shape index (κ2) is 5.91. The molecule has 1 aliphatic heterocycles. The second-order valence-electron chi connectivity index (χ2n) is 4.99. The molecule has 0 saturated carbocycles. The molecule has 0 unspecified atom stereocenters. The summed E-state index contributed by atoms with van der Waals surface area (Å²) in [7, 11) is 0. The number of hydrogen-bond acceptors (Lipinski definition) is 3. The van der Waals surface area contributed by atoms with Crippen LogP contribution in [0.4, 0.5) is 0 Å². The third-order valence-electron chi connectivity index (χ3n) is 3.48. The molecule has 2 heterocycles. The predicted octanol–water partition coefficient (Wildman–Crippen LogP) is 4.24. The molecular weight excluding hydrogens is 336 g/mol. The van der Waals surface area contributed by atoms with Crippen LogP contribution in [-0.4, -0.2) is 14.8 Å². The first-order chi connectivity index (χ1) is 10.5. The van der Waals surface area contributed by atoms with Crippen LogP contribution < -0.4 is 5.32 Å². The Balaban J connectivity index is 2.04. The normalized spacial score (nSPS) is 16.4. The Morgan fingerprint density at radius 2 is 1.95 bits per heavy atom. The van der Waals surface area contributed by atoms with Gasteiger partial charge in [0.25, 0.3) is 5.91 Å². The minimum atomic E-state index is -0.133. The molecule has 1 saturated heterocycles. The third-order valence-corrected chi connectivity index (χ3v) is 4.90. The van der Waals surface area contributed by atoms with Crippen molar-refractivity contribution < 1.29 is 4.79 Å². The number of aryl methyl sites for hydroxylation is 1. The molecule has 22 heavy (non-hydrogen) atoms. The Bertz CT molecular complexity index is 806. The van der Waals surface area contributed by atoms with Crippen LogP contribution in [0.5, 0.6) is 0 Å². The molecule has 1 aliphatic rings. The van der Waals surface area contributed by atoms with Gasteiger partial charge in [0.1, 0.15) is 4.32 Å². The van der Waals surface area contributed by atoms with Crippen LogP contribution in [0.1, 0.15) is 17.0 Å². The quantitative estimate of drug-likeness (QED) is 0.651. The molecular formula is C16H13ClN2OS2. The zero-order valence-corrected chi connectivity index (χ0v) is 14.4. The van der Waals surface area contributed by atoms with Crippen molar-refractivity contribution in [3.63, 3.8) is 0 Å². The van der Waals surface area contributed by atoms with E-state index in [1.165, 1.54) is 11.8 Å². The first-order valence-corrected chi connectivity index (χ1v) is 8.26. The summed E-state index contributed by atoms with van der Waals surface area (Å²) < 4.78 is 2.64. The number of nitrogens with zero attached hydrogens (tertiary/aromatic N) is 1. The number of hydrogen-bond donors (Lipinski definition) is 1. The van der Waals surface area contributed by atoms with Gasteiger partial charge >= 0.3 is 0 Å². The van der Waals surface area contributed by atoms with Gasteiger partial charge in [0.05, 0.1) is 4.91 Å². The number of thiocarbonyl (C=S) groups is 1. The summed E-state index contributed by atoms with van der Waals surface area (Å²) in [5.41, 5.74) is 4.22. The number of aromatic nitrogens is 1. The van der Waals surface area contributed by atoms with Crippen LogP contribution in [0.3, 0.4) is 0 Å². The van der Waals surface area contributed by atoms with Gasteiger partial charge in [0.2, 0.25) is 0 Å². The van der Waals surface area contributed by atoms with E-state index in [9.17, 15) is 4.79 Å². The van der Waals surface area contributed by atoms with Gasteiger partial charge in [-0.1, -0.05) is 35.6 Å². The number of carbonyl (C=O) groups is 1. The van der Waals surface area contributed by atoms with Crippen molar-refractivity contribution in [3.8, 4) is 5.69 Å². The highest BCUT2D eigenvalue weighted by Crippen LogP contribution is 2.29. The number of halogens is 1. The van der Waals surface area contributed by atoms with Crippen molar-refractivity contribution in [2.45, 2.75) is 13.8 Å². The Morgan fingerprint density at radius 3 is 2.55 bits per heavy atom. The molecule has 0 atom stereocenters. The first-order valence-electron chi connectivity index (χ1n) is 6.65. The Kier molecular flexibility index (Phi) is 4.12. The van der Waals surface area contributed by atoms with Gasteiger partial charge in [-0.15, -0.1) is 0 Å². The van der Waals surface area contributed by atoms with Crippen molar-refractivity contribution in [1.82, 2.24) is 9.88 Å². The molecule has 1 amide bonds. The van der Waals surface area contributed by atoms with Crippen LogP contribution in [0.2, 0.25) is 5.02 Å². The number of nitrogens with one attached hydrogen (secondary N) is 1. The van der Waals surface area contributed by atoms with E-state index in [4.69, 9.17) is 23.8 Å². The number of carbonyl (C=O) groups excluding carboxylic acids is 1. The van der Waals surface area contributed by atoms with E-state index in [0.29, 0.717) is 14.2 Å². The van der Waals surface area contributed by atoms with E-state index in [0.717, 1.165) is 22.6 Å². The summed E-state index contributed by atoms with van der Waals surface area (Å²) >= 11 is 12.3. The lowest BCUT2D eigenvalue weighted by Crippen LogP contribution is -2.17. The van der Waals surface area contributed by atoms with Crippen LogP contribution in [0, 0.1) is 13.8 Å². The Hall–Kier alpha value is -1.56. The van der Waals surface area contributed by atoms with Crippen molar-refractivity contribution in [2.75, 3.05) is 0 Å². The van der Waals surface area contributed by atoms with Crippen molar-refractivity contribution in [2.24, 2.45) is 0 Å². The fourth-order valence-corrected chi connectivity index (χ4v) is 3.64. The zero-order valence-electron chi connectivity index (χ0n) is 12.0. The maximum Gasteiger partial charge on any atom is 0.263 e. The molecule has 2 aromatic rings. The van der Waals surface area contributed by atoms with Gasteiger partial charge in [-0.3, -0.25) is 4.79 Å². The lowest BCUT2D eigenvalue weighted by molar-refractivity contribution is -0.115. The lowest BCUT2D eigenvalue weighted by Gasteiger charge is -2.09. The van der Waals surface area contributed by atoms with Gasteiger partial charge in [-0.25, -0.2) is 0 Å². The molecule has 1 fully saturated rings. The standard InChI is InChI=1S/C16H13ClN2OS2/c1-9-7-11(8-14-15(20)18-16(21)22-14)10(2)19(9)13-5-3-12(17)4-6-13/h3-8H,1-2H3,(H,18,20,21). The summed E-state index contributed by atoms with van der Waals surface area (Å²) in [6, 6.07) is 9.75. The summed E-state index contributed by atoms with van der Waals surface area (Å²) in [5.74, 6) is -0.133. The van der Waals surface area contributed by atoms with Crippen LogP contribution in [0.25, 0.3) is 11.8 Å². The topological polar surface area (TPSA) is 34.0 Å². The van der Waals surface area contributed by atoms with Gasteiger partial charge in [0.15, 0.2) is 0 Å². The minimum Gasteiger partial charge on any atom is -0.318 e. The fraction of sp³-hybridized carbons (Fsp3) is 0.125. The SMILES string of the molecule is Cc1cc(C=C2SC(=S)NC2=O)c(C)n1-c1ccc(Cl)cc1. The number of thioether (sulfide) groups is 1. The highest BCUT2D eigenvalue weighted by molar-refractivity contribution is 8.26. The molecule has 1 N–H and O–H groups in total. The number of rotatable bonds is 2. The van der Waals surface area contributed by atoms with E-state index in [-0.39, 0.29) is 5.91 Å². The van der Waals surface area contributed by atoms with E-state index < -0.39 is 0 Å². The summed E-state index contributed by atoms with van der Waals surface area (Å²) in [5, 5.41) is 3.34. The first kappa shape index (κ1) is 15.3. The molecule has 3 nitrogen and oxygen atoms in total. The molecule has 112 valence electrons. The average molecular weight is 349 g/mol. The number of amides is 1. The largest absolute Gasteiger partial charge is 0.318 e. The molecule has 6 heteroatoms. The lowest BCUT2D eigenvalue weighted by atomic mass is 10.2. The van der Waals surface area contributed by atoms with Crippen LogP contribution in [0.15, 0.2) is 35.2 Å². The van der Waals surface area contributed by atoms with Gasteiger partial charge in [0, 0.05) is 22.1 Å². The van der Waals surface area contributed by atoms with Gasteiger partial charge in [-0.2, -0.15) is 0 Å². The highest BCUT2D eigenvalue weighted by Gasteiger charge is 2.22. The van der Waals surface area contributed by atoms with E-state index in [2.05, 4.69) is 16.0 Å². The monoisotopic (exact) mass is 348 g/mol. The van der Waals surface area contributed by atoms with E-state index in [1.54, 1.807) is 0 Å². The van der Waals surface area contributed by atoms with E-state index in [1.807, 2.05) is 44.2 Å². The predicted molar refractivity (Wildman–Crippen MR) is 96.6 cm³/mol. The molecule has 0 bridgehead atoms. The number of benzene rings is 1. The second-order valence-corrected chi connectivity index (χ2v) is 7.15. The third kappa shape index (κ3) is 2.84. The van der Waals surface area contributed by atoms with Crippen molar-refractivity contribution in [3.05, 3.63) is 57.2 Å². The highest BCUT2D eigenvalue weighted by atomic mass is 35.5. The smallest absolute Gasteiger partial charge is 0.263 e. The zero-order chi connectivity index (χ0) is 15.9. The maximum absolute atomic E-state index is 11.8. The fourth-order valence-electron chi connectivity index (χ4n) is 2.48. The molecule has 0 radical (unpaired) electrons. The van der Waals surface area contributed by atoms with E-state index >= 15 is 0 Å². The Labute approximate surface area is 143 Å². The summed E-state index contributed by atoms with van der Waals surface area (Å²) in [6.07, 6.45) is 1.88. The van der Waals surface area contributed by atoms with Crippen molar-refractivity contribution in [1.29, 1.82) is 0 Å². The molecule has 0 spiro atoms. The molecule has 0 aliphatic carbocycles. The minimum absolute atomic E-state index is 0.133. The molecule has 3 rings (SSSR count). The van der Waals surface area contributed by atoms with Crippen LogP contribution in [-0.2, 0) is 4.79 Å². The molecule has 1 aromatic heterocycles. The van der Waals surface area contributed by atoms with Crippen molar-refractivity contribution >= 4 is 51.9 Å². The summed E-state index contributed by atoms with van der Waals surface area (Å²) in [4.78, 5) is 12.4. The Morgan fingerprint density at radius 1 is 1.27 bits per heavy atom. The van der Waals surface area contributed by atoms with Crippen LogP contribution >= 0.6 is 35.6 Å². The molecule has 1 aromatic carbocycles.